The molecule has 36 heavy (non-hydrogen) atoms. The fourth-order valence-corrected chi connectivity index (χ4v) is 4.81. The summed E-state index contributed by atoms with van der Waals surface area (Å²) in [5.74, 6) is -0.0705. The number of rotatable bonds is 6. The normalized spacial score (nSPS) is 24.7. The van der Waals surface area contributed by atoms with Crippen LogP contribution in [0.4, 0.5) is 0 Å². The molecule has 0 bridgehead atoms. The van der Waals surface area contributed by atoms with Gasteiger partial charge < -0.3 is 18.9 Å². The number of ether oxygens (including phenoxy) is 4. The molecule has 186 valence electrons. The lowest BCUT2D eigenvalue weighted by atomic mass is 10.1. The van der Waals surface area contributed by atoms with Gasteiger partial charge in [-0.05, 0) is 25.3 Å². The van der Waals surface area contributed by atoms with Crippen LogP contribution in [-0.2, 0) is 27.4 Å². The molecule has 0 spiro atoms. The maximum atomic E-state index is 12.4. The minimum absolute atomic E-state index is 0.258. The molecule has 0 amide bonds. The molecule has 0 aliphatic carbocycles. The van der Waals surface area contributed by atoms with Crippen molar-refractivity contribution in [1.82, 2.24) is 24.5 Å². The zero-order valence-electron chi connectivity index (χ0n) is 19.7. The van der Waals surface area contributed by atoms with E-state index >= 15 is 0 Å². The van der Waals surface area contributed by atoms with E-state index in [-0.39, 0.29) is 6.61 Å². The summed E-state index contributed by atoms with van der Waals surface area (Å²) in [6, 6.07) is 15.2. The molecule has 11 nitrogen and oxygen atoms in total. The molecule has 6 rings (SSSR count). The summed E-state index contributed by atoms with van der Waals surface area (Å²) in [5.41, 5.74) is -0.393. The molecule has 4 aromatic rings. The van der Waals surface area contributed by atoms with Crippen LogP contribution in [0.1, 0.15) is 25.8 Å². The molecule has 1 N–H and O–H groups in total. The zero-order valence-corrected chi connectivity index (χ0v) is 19.7. The smallest absolute Gasteiger partial charge is 0.330 e. The number of benzene rings is 2. The van der Waals surface area contributed by atoms with Crippen LogP contribution in [0.2, 0.25) is 0 Å². The third-order valence-corrected chi connectivity index (χ3v) is 6.33. The van der Waals surface area contributed by atoms with E-state index in [0.29, 0.717) is 12.2 Å². The maximum absolute atomic E-state index is 12.4. The monoisotopic (exact) mass is 491 g/mol. The summed E-state index contributed by atoms with van der Waals surface area (Å²) in [4.78, 5) is 26.2. The first kappa shape index (κ1) is 22.7. The molecule has 2 aromatic heterocycles. The van der Waals surface area contributed by atoms with Crippen molar-refractivity contribution in [1.29, 1.82) is 0 Å². The first-order chi connectivity index (χ1) is 17.4. The molecule has 0 unspecified atom stereocenters. The van der Waals surface area contributed by atoms with Gasteiger partial charge in [0.05, 0.1) is 12.7 Å². The Morgan fingerprint density at radius 2 is 1.86 bits per heavy atom. The Kier molecular flexibility index (Phi) is 5.47. The first-order valence-electron chi connectivity index (χ1n) is 11.7. The molecule has 11 heteroatoms. The van der Waals surface area contributed by atoms with Crippen LogP contribution in [0.15, 0.2) is 70.5 Å². The van der Waals surface area contributed by atoms with Gasteiger partial charge in [-0.25, -0.2) is 9.48 Å². The van der Waals surface area contributed by atoms with E-state index in [0.717, 1.165) is 16.5 Å². The van der Waals surface area contributed by atoms with Gasteiger partial charge in [0.15, 0.2) is 12.0 Å². The number of aromatic amines is 1. The quantitative estimate of drug-likeness (QED) is 0.435. The summed E-state index contributed by atoms with van der Waals surface area (Å²) in [5, 5.41) is 10.6. The lowest BCUT2D eigenvalue weighted by Crippen LogP contribution is -2.37. The van der Waals surface area contributed by atoms with Gasteiger partial charge in [0.1, 0.15) is 36.4 Å². The Hall–Kier alpha value is -3.80. The Morgan fingerprint density at radius 1 is 1.06 bits per heavy atom. The molecule has 4 heterocycles. The van der Waals surface area contributed by atoms with Gasteiger partial charge in [0.2, 0.25) is 0 Å². The van der Waals surface area contributed by atoms with E-state index in [1.165, 1.54) is 16.8 Å². The number of nitrogens with zero attached hydrogens (tertiary/aromatic N) is 4. The van der Waals surface area contributed by atoms with Crippen molar-refractivity contribution in [2.75, 3.05) is 0 Å². The predicted octanol–water partition coefficient (Wildman–Crippen LogP) is 1.98. The summed E-state index contributed by atoms with van der Waals surface area (Å²) in [6.45, 7) is 4.21. The molecule has 2 aliphatic rings. The van der Waals surface area contributed by atoms with Crippen LogP contribution >= 0.6 is 0 Å². The van der Waals surface area contributed by atoms with Gasteiger partial charge in [-0.3, -0.25) is 14.3 Å². The lowest BCUT2D eigenvalue weighted by Gasteiger charge is -2.24. The van der Waals surface area contributed by atoms with Gasteiger partial charge in [-0.1, -0.05) is 41.6 Å². The number of hydrogen-bond donors (Lipinski definition) is 1. The average Bonchev–Trinajstić information content (AvgIpc) is 3.52. The number of H-pyrrole nitrogens is 1. The number of hydrogen-bond acceptors (Lipinski definition) is 8. The van der Waals surface area contributed by atoms with E-state index in [1.807, 2.05) is 56.3 Å². The minimum atomic E-state index is -0.846. The van der Waals surface area contributed by atoms with Gasteiger partial charge in [-0.15, -0.1) is 5.10 Å². The van der Waals surface area contributed by atoms with Gasteiger partial charge in [0, 0.05) is 17.6 Å². The second kappa shape index (κ2) is 8.70. The molecular weight excluding hydrogens is 466 g/mol. The molecule has 2 fully saturated rings. The van der Waals surface area contributed by atoms with Gasteiger partial charge in [0.25, 0.3) is 5.56 Å². The molecule has 0 saturated carbocycles. The number of aromatic nitrogens is 5. The fraction of sp³-hybridized carbons (Fsp3) is 0.360. The second-order valence-electron chi connectivity index (χ2n) is 9.35. The summed E-state index contributed by atoms with van der Waals surface area (Å²) < 4.78 is 27.4. The zero-order chi connectivity index (χ0) is 24.9. The highest BCUT2D eigenvalue weighted by atomic mass is 16.8. The fourth-order valence-electron chi connectivity index (χ4n) is 4.81. The highest BCUT2D eigenvalue weighted by Gasteiger charge is 2.56. The molecule has 4 atom stereocenters. The third-order valence-electron chi connectivity index (χ3n) is 6.33. The van der Waals surface area contributed by atoms with Crippen LogP contribution in [0, 0.1) is 0 Å². The second-order valence-corrected chi connectivity index (χ2v) is 9.35. The van der Waals surface area contributed by atoms with E-state index < -0.39 is 41.6 Å². The highest BCUT2D eigenvalue weighted by molar-refractivity contribution is 5.88. The largest absolute Gasteiger partial charge is 0.487 e. The summed E-state index contributed by atoms with van der Waals surface area (Å²) in [6.07, 6.45) is 0.995. The predicted molar refractivity (Wildman–Crippen MR) is 127 cm³/mol. The van der Waals surface area contributed by atoms with Crippen LogP contribution < -0.4 is 16.0 Å². The standard InChI is InChI=1S/C25H25N5O6/c1-25(2)35-21-19(34-23(22(21)36-25)30-11-10-20(31)26-24(30)32)13-29-12-16(27-28-29)14-33-18-9-5-7-15-6-3-4-8-17(15)18/h3-12,19,21-23H,13-14H2,1-2H3,(H,26,31,32)/t19-,21-,22-,23-/m1/s1. The van der Waals surface area contributed by atoms with Gasteiger partial charge >= 0.3 is 5.69 Å². The Bertz CT molecular complexity index is 1520. The molecule has 0 radical (unpaired) electrons. The van der Waals surface area contributed by atoms with Crippen molar-refractivity contribution in [2.24, 2.45) is 0 Å². The van der Waals surface area contributed by atoms with Crippen molar-refractivity contribution in [2.45, 2.75) is 57.3 Å². The SMILES string of the molecule is CC1(C)O[C@@H]2[C@H](O1)[C@@H](Cn1cc(COc3cccc4ccccc34)nn1)O[C@H]2n1ccc(=O)[nH]c1=O. The molecule has 2 saturated heterocycles. The van der Waals surface area contributed by atoms with E-state index in [9.17, 15) is 9.59 Å². The maximum Gasteiger partial charge on any atom is 0.330 e. The van der Waals surface area contributed by atoms with E-state index in [2.05, 4.69) is 15.3 Å². The summed E-state index contributed by atoms with van der Waals surface area (Å²) >= 11 is 0. The third kappa shape index (κ3) is 4.21. The Morgan fingerprint density at radius 3 is 2.72 bits per heavy atom. The first-order valence-corrected chi connectivity index (χ1v) is 11.7. The number of fused-ring (bicyclic) bond motifs is 2. The van der Waals surface area contributed by atoms with Crippen molar-refractivity contribution < 1.29 is 18.9 Å². The van der Waals surface area contributed by atoms with Crippen molar-refractivity contribution in [3.05, 3.63) is 87.5 Å². The highest BCUT2D eigenvalue weighted by Crippen LogP contribution is 2.42. The topological polar surface area (TPSA) is 122 Å². The minimum Gasteiger partial charge on any atom is -0.487 e. The molecule has 2 aliphatic heterocycles. The Labute approximate surface area is 205 Å². The van der Waals surface area contributed by atoms with Crippen molar-refractivity contribution in [3.63, 3.8) is 0 Å². The average molecular weight is 492 g/mol. The molecule has 2 aromatic carbocycles. The van der Waals surface area contributed by atoms with E-state index in [4.69, 9.17) is 18.9 Å². The Balaban J connectivity index is 1.18. The van der Waals surface area contributed by atoms with Crippen LogP contribution in [-0.4, -0.2) is 48.6 Å². The van der Waals surface area contributed by atoms with Crippen LogP contribution in [0.5, 0.6) is 5.75 Å². The van der Waals surface area contributed by atoms with Crippen LogP contribution in [0.25, 0.3) is 10.8 Å². The van der Waals surface area contributed by atoms with Crippen molar-refractivity contribution in [3.8, 4) is 5.75 Å². The van der Waals surface area contributed by atoms with Crippen LogP contribution in [0.3, 0.4) is 0 Å². The number of nitrogens with one attached hydrogen (secondary N) is 1. The van der Waals surface area contributed by atoms with Gasteiger partial charge in [-0.2, -0.15) is 0 Å². The van der Waals surface area contributed by atoms with E-state index in [1.54, 1.807) is 10.9 Å². The summed E-state index contributed by atoms with van der Waals surface area (Å²) in [7, 11) is 0. The lowest BCUT2D eigenvalue weighted by molar-refractivity contribution is -0.198. The van der Waals surface area contributed by atoms with Crippen molar-refractivity contribution >= 4 is 10.8 Å². The molecular formula is C25H25N5O6.